The molecule has 1 saturated heterocycles. The Morgan fingerprint density at radius 2 is 1.71 bits per heavy atom. The Morgan fingerprint density at radius 3 is 2.37 bits per heavy atom. The number of aryl methyl sites for hydroxylation is 2. The molecular formula is C29H30N2O4. The molecule has 0 saturated carbocycles. The van der Waals surface area contributed by atoms with Crippen LogP contribution in [0.15, 0.2) is 72.3 Å². The normalized spacial score (nSPS) is 17.1. The van der Waals surface area contributed by atoms with Crippen molar-refractivity contribution in [2.75, 3.05) is 30.5 Å². The van der Waals surface area contributed by atoms with Gasteiger partial charge in [-0.25, -0.2) is 0 Å². The zero-order valence-corrected chi connectivity index (χ0v) is 20.7. The Hall–Kier alpha value is -4.06. The first-order valence-corrected chi connectivity index (χ1v) is 11.6. The van der Waals surface area contributed by atoms with Crippen LogP contribution < -0.4 is 14.5 Å². The van der Waals surface area contributed by atoms with Gasteiger partial charge in [-0.05, 0) is 74.4 Å². The zero-order chi connectivity index (χ0) is 25.3. The number of ether oxygens (including phenoxy) is 1. The number of nitrogens with zero attached hydrogens (tertiary/aromatic N) is 2. The summed E-state index contributed by atoms with van der Waals surface area (Å²) in [6.07, 6.45) is 0. The summed E-state index contributed by atoms with van der Waals surface area (Å²) >= 11 is 0. The summed E-state index contributed by atoms with van der Waals surface area (Å²) in [5.41, 5.74) is 4.58. The molecule has 6 heteroatoms. The Labute approximate surface area is 206 Å². The first-order chi connectivity index (χ1) is 16.7. The number of ketones is 1. The molecule has 1 atom stereocenters. The zero-order valence-electron chi connectivity index (χ0n) is 20.7. The molecular weight excluding hydrogens is 440 g/mol. The first kappa shape index (κ1) is 24.1. The number of aliphatic hydroxyl groups is 1. The summed E-state index contributed by atoms with van der Waals surface area (Å²) in [5.74, 6) is -0.942. The lowest BCUT2D eigenvalue weighted by Gasteiger charge is -2.26. The van der Waals surface area contributed by atoms with E-state index in [1.54, 1.807) is 0 Å². The molecule has 1 fully saturated rings. The maximum Gasteiger partial charge on any atom is 0.300 e. The molecule has 1 N–H and O–H groups in total. The highest BCUT2D eigenvalue weighted by atomic mass is 16.5. The second kappa shape index (κ2) is 9.66. The fourth-order valence-corrected chi connectivity index (χ4v) is 4.40. The van der Waals surface area contributed by atoms with Crippen molar-refractivity contribution in [1.82, 2.24) is 0 Å². The van der Waals surface area contributed by atoms with E-state index in [1.807, 2.05) is 106 Å². The number of amides is 1. The second-order valence-electron chi connectivity index (χ2n) is 8.90. The maximum atomic E-state index is 13.4. The molecule has 3 aromatic carbocycles. The van der Waals surface area contributed by atoms with Gasteiger partial charge in [0.25, 0.3) is 11.7 Å². The van der Waals surface area contributed by atoms with E-state index in [2.05, 4.69) is 0 Å². The highest BCUT2D eigenvalue weighted by Crippen LogP contribution is 2.43. The molecule has 35 heavy (non-hydrogen) atoms. The molecule has 1 amide bonds. The predicted octanol–water partition coefficient (Wildman–Crippen LogP) is 5.39. The highest BCUT2D eigenvalue weighted by Gasteiger charge is 2.47. The van der Waals surface area contributed by atoms with Gasteiger partial charge in [0, 0.05) is 31.0 Å². The topological polar surface area (TPSA) is 70.1 Å². The fraction of sp³-hybridized carbons (Fsp3) is 0.241. The third kappa shape index (κ3) is 4.52. The first-order valence-electron chi connectivity index (χ1n) is 11.6. The Morgan fingerprint density at radius 1 is 1.00 bits per heavy atom. The minimum absolute atomic E-state index is 0.0639. The van der Waals surface area contributed by atoms with Crippen LogP contribution in [0.3, 0.4) is 0 Å². The molecule has 0 bridgehead atoms. The van der Waals surface area contributed by atoms with Gasteiger partial charge in [0.05, 0.1) is 18.2 Å². The molecule has 3 aromatic rings. The summed E-state index contributed by atoms with van der Waals surface area (Å²) < 4.78 is 5.69. The standard InChI is InChI=1S/C29H30N2O4/c1-6-35-23-9-7-8-20(17-23)26-25(27(32)24-16-18(2)10-11-19(24)3)28(33)29(34)31(26)22-14-12-21(13-15-22)30(4)5/h7-17,26,32H,6H2,1-5H3/b27-25+. The summed E-state index contributed by atoms with van der Waals surface area (Å²) in [7, 11) is 3.87. The summed E-state index contributed by atoms with van der Waals surface area (Å²) in [6, 6.07) is 19.6. The van der Waals surface area contributed by atoms with Crippen molar-refractivity contribution in [3.8, 4) is 5.75 Å². The number of anilines is 2. The van der Waals surface area contributed by atoms with Crippen molar-refractivity contribution in [2.45, 2.75) is 26.8 Å². The van der Waals surface area contributed by atoms with Crippen molar-refractivity contribution in [1.29, 1.82) is 0 Å². The van der Waals surface area contributed by atoms with E-state index in [0.29, 0.717) is 29.2 Å². The van der Waals surface area contributed by atoms with Crippen LogP contribution in [-0.2, 0) is 9.59 Å². The molecule has 1 heterocycles. The van der Waals surface area contributed by atoms with Crippen LogP contribution in [0.4, 0.5) is 11.4 Å². The monoisotopic (exact) mass is 470 g/mol. The molecule has 0 aromatic heterocycles. The minimum Gasteiger partial charge on any atom is -0.507 e. The number of aliphatic hydroxyl groups excluding tert-OH is 1. The number of carbonyl (C=O) groups excluding carboxylic acids is 2. The van der Waals surface area contributed by atoms with Crippen molar-refractivity contribution in [2.24, 2.45) is 0 Å². The van der Waals surface area contributed by atoms with Crippen molar-refractivity contribution in [3.63, 3.8) is 0 Å². The minimum atomic E-state index is -0.805. The molecule has 6 nitrogen and oxygen atoms in total. The van der Waals surface area contributed by atoms with Crippen LogP contribution in [-0.4, -0.2) is 37.5 Å². The van der Waals surface area contributed by atoms with E-state index >= 15 is 0 Å². The van der Waals surface area contributed by atoms with E-state index in [1.165, 1.54) is 4.90 Å². The number of benzene rings is 3. The van der Waals surface area contributed by atoms with Crippen LogP contribution in [0.25, 0.3) is 5.76 Å². The quantitative estimate of drug-likeness (QED) is 0.297. The summed E-state index contributed by atoms with van der Waals surface area (Å²) in [5, 5.41) is 11.4. The van der Waals surface area contributed by atoms with Crippen LogP contribution in [0.2, 0.25) is 0 Å². The summed E-state index contributed by atoms with van der Waals surface area (Å²) in [4.78, 5) is 30.2. The van der Waals surface area contributed by atoms with Gasteiger partial charge in [-0.3, -0.25) is 14.5 Å². The van der Waals surface area contributed by atoms with Crippen LogP contribution in [0, 0.1) is 13.8 Å². The molecule has 4 rings (SSSR count). The number of carbonyl (C=O) groups is 2. The van der Waals surface area contributed by atoms with E-state index in [4.69, 9.17) is 4.74 Å². The lowest BCUT2D eigenvalue weighted by atomic mass is 9.93. The molecule has 0 spiro atoms. The highest BCUT2D eigenvalue weighted by molar-refractivity contribution is 6.51. The van der Waals surface area contributed by atoms with Gasteiger partial charge in [0.1, 0.15) is 11.5 Å². The fourth-order valence-electron chi connectivity index (χ4n) is 4.40. The van der Waals surface area contributed by atoms with E-state index in [9.17, 15) is 14.7 Å². The molecule has 1 aliphatic heterocycles. The largest absolute Gasteiger partial charge is 0.507 e. The van der Waals surface area contributed by atoms with Gasteiger partial charge < -0.3 is 14.7 Å². The average Bonchev–Trinajstić information content (AvgIpc) is 3.11. The second-order valence-corrected chi connectivity index (χ2v) is 8.90. The van der Waals surface area contributed by atoms with Crippen molar-refractivity contribution >= 4 is 28.8 Å². The lowest BCUT2D eigenvalue weighted by Crippen LogP contribution is -2.29. The van der Waals surface area contributed by atoms with Crippen molar-refractivity contribution < 1.29 is 19.4 Å². The molecule has 1 unspecified atom stereocenters. The lowest BCUT2D eigenvalue weighted by molar-refractivity contribution is -0.132. The average molecular weight is 471 g/mol. The number of rotatable bonds is 6. The smallest absolute Gasteiger partial charge is 0.300 e. The van der Waals surface area contributed by atoms with Gasteiger partial charge in [-0.2, -0.15) is 0 Å². The third-order valence-corrected chi connectivity index (χ3v) is 6.22. The summed E-state index contributed by atoms with van der Waals surface area (Å²) in [6.45, 7) is 6.17. The maximum absolute atomic E-state index is 13.4. The molecule has 0 aliphatic carbocycles. The van der Waals surface area contributed by atoms with Gasteiger partial charge in [-0.1, -0.05) is 29.8 Å². The predicted molar refractivity (Wildman–Crippen MR) is 139 cm³/mol. The SMILES string of the molecule is CCOc1cccc(C2/C(=C(\O)c3cc(C)ccc3C)C(=O)C(=O)N2c2ccc(N(C)C)cc2)c1. The van der Waals surface area contributed by atoms with E-state index in [-0.39, 0.29) is 11.3 Å². The third-order valence-electron chi connectivity index (χ3n) is 6.22. The number of hydrogen-bond donors (Lipinski definition) is 1. The van der Waals surface area contributed by atoms with Gasteiger partial charge in [-0.15, -0.1) is 0 Å². The Bertz CT molecular complexity index is 1310. The molecule has 1 aliphatic rings. The Balaban J connectivity index is 1.94. The molecule has 180 valence electrons. The van der Waals surface area contributed by atoms with Crippen LogP contribution in [0.5, 0.6) is 5.75 Å². The van der Waals surface area contributed by atoms with Gasteiger partial charge in [0.15, 0.2) is 0 Å². The van der Waals surface area contributed by atoms with E-state index < -0.39 is 17.7 Å². The Kier molecular flexibility index (Phi) is 6.65. The number of Topliss-reactive ketones (excluding diaryl/α,β-unsaturated/α-hetero) is 1. The van der Waals surface area contributed by atoms with Crippen LogP contribution >= 0.6 is 0 Å². The van der Waals surface area contributed by atoms with Gasteiger partial charge in [0.2, 0.25) is 0 Å². The number of hydrogen-bond acceptors (Lipinski definition) is 5. The van der Waals surface area contributed by atoms with Crippen LogP contribution in [0.1, 0.15) is 35.2 Å². The van der Waals surface area contributed by atoms with Crippen molar-refractivity contribution in [3.05, 3.63) is 94.6 Å². The van der Waals surface area contributed by atoms with E-state index in [0.717, 1.165) is 16.8 Å². The molecule has 0 radical (unpaired) electrons. The van der Waals surface area contributed by atoms with Gasteiger partial charge >= 0.3 is 0 Å².